The number of hydrogen-bond donors (Lipinski definition) is 2. The topological polar surface area (TPSA) is 85.2 Å². The number of nitrogens with zero attached hydrogens (tertiary/aromatic N) is 2. The van der Waals surface area contributed by atoms with E-state index < -0.39 is 5.91 Å². The van der Waals surface area contributed by atoms with Crippen LogP contribution >= 0.6 is 35.2 Å². The molecule has 0 spiro atoms. The first-order valence-corrected chi connectivity index (χ1v) is 11.0. The van der Waals surface area contributed by atoms with Crippen LogP contribution < -0.4 is 10.6 Å². The summed E-state index contributed by atoms with van der Waals surface area (Å²) in [7, 11) is 1.62. The zero-order chi connectivity index (χ0) is 21.1. The van der Waals surface area contributed by atoms with Crippen molar-refractivity contribution in [2.45, 2.75) is 39.5 Å². The summed E-state index contributed by atoms with van der Waals surface area (Å²) in [5, 5.41) is 10.5. The van der Waals surface area contributed by atoms with Crippen molar-refractivity contribution >= 4 is 57.1 Å². The van der Waals surface area contributed by atoms with Crippen LogP contribution in [0.25, 0.3) is 0 Å². The molecule has 2 heterocycles. The predicted octanol–water partition coefficient (Wildman–Crippen LogP) is 3.95. The van der Waals surface area contributed by atoms with Crippen molar-refractivity contribution in [3.05, 3.63) is 32.9 Å². The minimum atomic E-state index is -0.474. The highest BCUT2D eigenvalue weighted by atomic mass is 35.5. The number of thiophene rings is 1. The summed E-state index contributed by atoms with van der Waals surface area (Å²) in [6, 6.07) is 0. The fraction of sp³-hybridized carbons (Fsp3) is 0.474. The quantitative estimate of drug-likeness (QED) is 0.525. The second-order valence-corrected chi connectivity index (χ2v) is 8.99. The maximum absolute atomic E-state index is 12.7. The second-order valence-electron chi connectivity index (χ2n) is 7.06. The molecule has 2 aromatic heterocycles. The van der Waals surface area contributed by atoms with Crippen molar-refractivity contribution in [2.24, 2.45) is 13.0 Å². The zero-order valence-electron chi connectivity index (χ0n) is 16.5. The fourth-order valence-electron chi connectivity index (χ4n) is 3.28. The number of fused-ring (bicyclic) bond motifs is 1. The van der Waals surface area contributed by atoms with Crippen molar-refractivity contribution < 1.29 is 14.3 Å². The zero-order valence-corrected chi connectivity index (χ0v) is 18.9. The van der Waals surface area contributed by atoms with Crippen LogP contribution in [0.15, 0.2) is 6.20 Å². The minimum absolute atomic E-state index is 0.0865. The fourth-order valence-corrected chi connectivity index (χ4v) is 5.20. The third-order valence-electron chi connectivity index (χ3n) is 4.72. The van der Waals surface area contributed by atoms with E-state index in [1.54, 1.807) is 7.05 Å². The van der Waals surface area contributed by atoms with E-state index in [1.807, 2.05) is 6.92 Å². The summed E-state index contributed by atoms with van der Waals surface area (Å²) in [5.41, 5.74) is 1.76. The van der Waals surface area contributed by atoms with E-state index in [-0.39, 0.29) is 21.8 Å². The molecule has 2 N–H and O–H groups in total. The molecule has 1 aliphatic rings. The number of nitrogens with one attached hydrogen (secondary N) is 2. The van der Waals surface area contributed by atoms with E-state index in [0.29, 0.717) is 23.1 Å². The number of amides is 1. The van der Waals surface area contributed by atoms with E-state index in [1.165, 1.54) is 27.1 Å². The third kappa shape index (κ3) is 4.79. The molecule has 0 saturated heterocycles. The Morgan fingerprint density at radius 1 is 1.48 bits per heavy atom. The largest absolute Gasteiger partial charge is 0.462 e. The van der Waals surface area contributed by atoms with Gasteiger partial charge in [0.1, 0.15) is 10.7 Å². The van der Waals surface area contributed by atoms with Crippen LogP contribution in [-0.4, -0.2) is 33.4 Å². The van der Waals surface area contributed by atoms with Crippen LogP contribution in [0.5, 0.6) is 0 Å². The molecule has 29 heavy (non-hydrogen) atoms. The average Bonchev–Trinajstić information content (AvgIpc) is 3.18. The Labute approximate surface area is 183 Å². The van der Waals surface area contributed by atoms with Gasteiger partial charge in [-0.05, 0) is 49.4 Å². The first kappa shape index (κ1) is 21.7. The van der Waals surface area contributed by atoms with Gasteiger partial charge in [0.25, 0.3) is 5.91 Å². The number of ether oxygens (including phenoxy) is 1. The number of esters is 1. The normalized spacial score (nSPS) is 15.5. The molecule has 3 rings (SSSR count). The first-order valence-electron chi connectivity index (χ1n) is 9.43. The van der Waals surface area contributed by atoms with E-state index in [0.717, 1.165) is 31.2 Å². The Kier molecular flexibility index (Phi) is 6.92. The molecule has 10 heteroatoms. The van der Waals surface area contributed by atoms with Crippen molar-refractivity contribution in [1.82, 2.24) is 15.1 Å². The summed E-state index contributed by atoms with van der Waals surface area (Å²) >= 11 is 12.8. The molecular formula is C19H23ClN4O3S2. The van der Waals surface area contributed by atoms with Crippen molar-refractivity contribution in [3.8, 4) is 0 Å². The number of thiocarbonyl (C=S) groups is 1. The van der Waals surface area contributed by atoms with Gasteiger partial charge in [0.2, 0.25) is 0 Å². The van der Waals surface area contributed by atoms with Gasteiger partial charge in [0.15, 0.2) is 5.11 Å². The lowest BCUT2D eigenvalue weighted by Crippen LogP contribution is -2.35. The monoisotopic (exact) mass is 454 g/mol. The lowest BCUT2D eigenvalue weighted by molar-refractivity contribution is 0.0505. The number of rotatable bonds is 5. The highest BCUT2D eigenvalue weighted by Crippen LogP contribution is 2.40. The van der Waals surface area contributed by atoms with Crippen LogP contribution in [0.2, 0.25) is 5.02 Å². The molecule has 0 fully saturated rings. The molecular weight excluding hydrogens is 432 g/mol. The van der Waals surface area contributed by atoms with E-state index in [9.17, 15) is 9.59 Å². The van der Waals surface area contributed by atoms with Gasteiger partial charge in [-0.1, -0.05) is 25.4 Å². The van der Waals surface area contributed by atoms with Gasteiger partial charge in [-0.15, -0.1) is 11.3 Å². The Balaban J connectivity index is 1.81. The number of aromatic nitrogens is 2. The molecule has 0 aliphatic heterocycles. The number of anilines is 1. The lowest BCUT2D eigenvalue weighted by Gasteiger charge is -2.18. The average molecular weight is 455 g/mol. The van der Waals surface area contributed by atoms with Gasteiger partial charge in [-0.3, -0.25) is 14.8 Å². The van der Waals surface area contributed by atoms with E-state index in [4.69, 9.17) is 28.6 Å². The molecule has 1 atom stereocenters. The van der Waals surface area contributed by atoms with Crippen molar-refractivity contribution in [1.29, 1.82) is 0 Å². The SMILES string of the molecule is CCCOC(=O)c1c(NC(=S)NC(=O)c2c(Cl)cnn2C)sc2c1CC[C@H](C)C2. The van der Waals surface area contributed by atoms with Crippen LogP contribution in [0.4, 0.5) is 5.00 Å². The summed E-state index contributed by atoms with van der Waals surface area (Å²) in [6.45, 7) is 4.51. The predicted molar refractivity (Wildman–Crippen MR) is 118 cm³/mol. The molecule has 1 aliphatic carbocycles. The van der Waals surface area contributed by atoms with Crippen LogP contribution in [0, 0.1) is 5.92 Å². The van der Waals surface area contributed by atoms with Crippen molar-refractivity contribution in [3.63, 3.8) is 0 Å². The molecule has 0 aromatic carbocycles. The third-order valence-corrected chi connectivity index (χ3v) is 6.37. The first-order chi connectivity index (χ1) is 13.8. The minimum Gasteiger partial charge on any atom is -0.462 e. The molecule has 0 saturated carbocycles. The molecule has 0 unspecified atom stereocenters. The Hall–Kier alpha value is -1.97. The standard InChI is InChI=1S/C19H23ClN4O3S2/c1-4-7-27-18(26)14-11-6-5-10(2)8-13(11)29-17(14)23-19(28)22-16(25)15-12(20)9-21-24(15)3/h9-10H,4-8H2,1-3H3,(H2,22,23,25,28)/t10-/m0/s1. The summed E-state index contributed by atoms with van der Waals surface area (Å²) in [6.07, 6.45) is 4.91. The number of aryl methyl sites for hydroxylation is 1. The smallest absolute Gasteiger partial charge is 0.341 e. The molecule has 156 valence electrons. The van der Waals surface area contributed by atoms with Gasteiger partial charge in [0, 0.05) is 11.9 Å². The van der Waals surface area contributed by atoms with Crippen LogP contribution in [0.1, 0.15) is 58.0 Å². The molecule has 2 aromatic rings. The van der Waals surface area contributed by atoms with Crippen LogP contribution in [0.3, 0.4) is 0 Å². The summed E-state index contributed by atoms with van der Waals surface area (Å²) in [4.78, 5) is 26.3. The van der Waals surface area contributed by atoms with Gasteiger partial charge in [-0.2, -0.15) is 5.10 Å². The maximum Gasteiger partial charge on any atom is 0.341 e. The van der Waals surface area contributed by atoms with E-state index >= 15 is 0 Å². The Morgan fingerprint density at radius 2 is 2.24 bits per heavy atom. The summed E-state index contributed by atoms with van der Waals surface area (Å²) < 4.78 is 6.76. The van der Waals surface area contributed by atoms with Gasteiger partial charge in [-0.25, -0.2) is 4.79 Å². The number of hydrogen-bond acceptors (Lipinski definition) is 6. The van der Waals surface area contributed by atoms with Gasteiger partial charge < -0.3 is 10.1 Å². The van der Waals surface area contributed by atoms with Crippen LogP contribution in [-0.2, 0) is 24.6 Å². The number of carbonyl (C=O) groups excluding carboxylic acids is 2. The highest BCUT2D eigenvalue weighted by molar-refractivity contribution is 7.80. The Morgan fingerprint density at radius 3 is 2.90 bits per heavy atom. The number of carbonyl (C=O) groups is 2. The maximum atomic E-state index is 12.7. The van der Waals surface area contributed by atoms with Gasteiger partial charge in [0.05, 0.1) is 23.4 Å². The van der Waals surface area contributed by atoms with Gasteiger partial charge >= 0.3 is 5.97 Å². The second kappa shape index (κ2) is 9.23. The lowest BCUT2D eigenvalue weighted by atomic mass is 9.88. The molecule has 0 radical (unpaired) electrons. The molecule has 7 nitrogen and oxygen atoms in total. The highest BCUT2D eigenvalue weighted by Gasteiger charge is 2.29. The molecule has 0 bridgehead atoms. The molecule has 1 amide bonds. The number of halogens is 1. The van der Waals surface area contributed by atoms with Crippen molar-refractivity contribution in [2.75, 3.05) is 11.9 Å². The van der Waals surface area contributed by atoms with E-state index in [2.05, 4.69) is 22.7 Å². The Bertz CT molecular complexity index is 934. The summed E-state index contributed by atoms with van der Waals surface area (Å²) in [5.74, 6) is -0.269.